The van der Waals surface area contributed by atoms with Gasteiger partial charge < -0.3 is 9.80 Å². The molecule has 0 radical (unpaired) electrons. The van der Waals surface area contributed by atoms with E-state index < -0.39 is 0 Å². The van der Waals surface area contributed by atoms with Crippen molar-refractivity contribution in [1.82, 2.24) is 10.3 Å². The molecular formula is C16H20N4O2. The maximum absolute atomic E-state index is 12.4. The number of hydrazone groups is 1. The zero-order chi connectivity index (χ0) is 15.5. The highest BCUT2D eigenvalue weighted by molar-refractivity contribution is 6.39. The number of nitrogens with one attached hydrogen (secondary N) is 1. The lowest BCUT2D eigenvalue weighted by Gasteiger charge is -2.37. The van der Waals surface area contributed by atoms with Gasteiger partial charge >= 0.3 is 0 Å². The molecular weight excluding hydrogens is 280 g/mol. The van der Waals surface area contributed by atoms with Gasteiger partial charge in [-0.2, -0.15) is 5.10 Å². The first-order valence-electron chi connectivity index (χ1n) is 7.60. The number of benzene rings is 1. The smallest absolute Gasteiger partial charge is 0.270 e. The van der Waals surface area contributed by atoms with Crippen LogP contribution < -0.4 is 10.3 Å². The Morgan fingerprint density at radius 1 is 1.14 bits per heavy atom. The number of para-hydroxylation sites is 1. The number of anilines is 1. The molecule has 1 saturated heterocycles. The molecule has 2 aliphatic rings. The van der Waals surface area contributed by atoms with Crippen LogP contribution in [-0.4, -0.2) is 48.6 Å². The third-order valence-electron chi connectivity index (χ3n) is 4.17. The summed E-state index contributed by atoms with van der Waals surface area (Å²) in [6, 6.07) is 8.30. The Hall–Kier alpha value is -2.37. The maximum Gasteiger partial charge on any atom is 0.270 e. The molecule has 1 fully saturated rings. The summed E-state index contributed by atoms with van der Waals surface area (Å²) in [6.45, 7) is 5.10. The molecule has 1 N–H and O–H groups in total. The second-order valence-electron chi connectivity index (χ2n) is 5.66. The minimum Gasteiger partial charge on any atom is -0.368 e. The van der Waals surface area contributed by atoms with Crippen molar-refractivity contribution in [3.63, 3.8) is 0 Å². The Labute approximate surface area is 129 Å². The summed E-state index contributed by atoms with van der Waals surface area (Å²) in [5.41, 5.74) is 5.33. The van der Waals surface area contributed by atoms with Gasteiger partial charge in [-0.1, -0.05) is 18.2 Å². The molecule has 0 saturated carbocycles. The van der Waals surface area contributed by atoms with E-state index in [0.717, 1.165) is 13.1 Å². The van der Waals surface area contributed by atoms with Crippen molar-refractivity contribution in [3.05, 3.63) is 29.8 Å². The summed E-state index contributed by atoms with van der Waals surface area (Å²) in [6.07, 6.45) is 0.774. The predicted octanol–water partition coefficient (Wildman–Crippen LogP) is 0.910. The van der Waals surface area contributed by atoms with E-state index in [-0.39, 0.29) is 11.8 Å². The average molecular weight is 300 g/mol. The van der Waals surface area contributed by atoms with E-state index in [9.17, 15) is 9.59 Å². The minimum atomic E-state index is -0.124. The van der Waals surface area contributed by atoms with E-state index in [1.54, 1.807) is 0 Å². The van der Waals surface area contributed by atoms with Gasteiger partial charge in [0.25, 0.3) is 5.91 Å². The van der Waals surface area contributed by atoms with E-state index in [0.29, 0.717) is 31.6 Å². The number of carbonyl (C=O) groups excluding carboxylic acids is 2. The molecule has 2 amide bonds. The summed E-state index contributed by atoms with van der Waals surface area (Å²) in [7, 11) is 0. The fourth-order valence-corrected chi connectivity index (χ4v) is 2.88. The average Bonchev–Trinajstić information content (AvgIpc) is 2.56. The molecule has 3 rings (SSSR count). The van der Waals surface area contributed by atoms with E-state index >= 15 is 0 Å². The number of aryl methyl sites for hydroxylation is 1. The van der Waals surface area contributed by atoms with Gasteiger partial charge in [-0.05, 0) is 18.6 Å². The third kappa shape index (κ3) is 2.95. The number of nitrogens with zero attached hydrogens (tertiary/aromatic N) is 3. The van der Waals surface area contributed by atoms with E-state index in [4.69, 9.17) is 0 Å². The van der Waals surface area contributed by atoms with Crippen LogP contribution in [0.2, 0.25) is 0 Å². The van der Waals surface area contributed by atoms with Crippen LogP contribution >= 0.6 is 0 Å². The van der Waals surface area contributed by atoms with Crippen LogP contribution in [0.1, 0.15) is 18.4 Å². The monoisotopic (exact) mass is 300 g/mol. The predicted molar refractivity (Wildman–Crippen MR) is 84.8 cm³/mol. The van der Waals surface area contributed by atoms with Crippen LogP contribution in [0.3, 0.4) is 0 Å². The first-order valence-corrected chi connectivity index (χ1v) is 7.60. The number of carbonyl (C=O) groups is 2. The number of amides is 2. The number of rotatable bonds is 2. The highest BCUT2D eigenvalue weighted by Gasteiger charge is 2.27. The minimum absolute atomic E-state index is 0.0515. The van der Waals surface area contributed by atoms with Crippen LogP contribution in [0.5, 0.6) is 0 Å². The van der Waals surface area contributed by atoms with Crippen LogP contribution in [0.25, 0.3) is 0 Å². The van der Waals surface area contributed by atoms with Gasteiger partial charge in [0.05, 0.1) is 0 Å². The van der Waals surface area contributed by atoms with Crippen molar-refractivity contribution in [2.45, 2.75) is 19.8 Å². The van der Waals surface area contributed by atoms with Gasteiger partial charge in [0, 0.05) is 44.7 Å². The van der Waals surface area contributed by atoms with E-state index in [1.165, 1.54) is 11.3 Å². The van der Waals surface area contributed by atoms with Crippen molar-refractivity contribution < 1.29 is 9.59 Å². The molecule has 0 unspecified atom stereocenters. The maximum atomic E-state index is 12.4. The molecule has 0 aromatic heterocycles. The Kier molecular flexibility index (Phi) is 4.09. The molecule has 6 nitrogen and oxygen atoms in total. The Balaban J connectivity index is 1.61. The third-order valence-corrected chi connectivity index (χ3v) is 4.17. The fourth-order valence-electron chi connectivity index (χ4n) is 2.88. The van der Waals surface area contributed by atoms with Crippen molar-refractivity contribution in [3.8, 4) is 0 Å². The van der Waals surface area contributed by atoms with Crippen molar-refractivity contribution in [1.29, 1.82) is 0 Å². The lowest BCUT2D eigenvalue weighted by molar-refractivity contribution is -0.124. The first-order chi connectivity index (χ1) is 10.6. The van der Waals surface area contributed by atoms with Crippen molar-refractivity contribution in [2.75, 3.05) is 31.1 Å². The zero-order valence-corrected chi connectivity index (χ0v) is 12.7. The fraction of sp³-hybridized carbons (Fsp3) is 0.438. The number of hydrogen-bond acceptors (Lipinski definition) is 4. The summed E-state index contributed by atoms with van der Waals surface area (Å²) < 4.78 is 0. The molecule has 1 aromatic carbocycles. The molecule has 22 heavy (non-hydrogen) atoms. The molecule has 0 spiro atoms. The highest BCUT2D eigenvalue weighted by atomic mass is 16.2. The van der Waals surface area contributed by atoms with Gasteiger partial charge in [-0.3, -0.25) is 9.59 Å². The molecule has 0 bridgehead atoms. The zero-order valence-electron chi connectivity index (χ0n) is 12.7. The SMILES string of the molecule is Cc1ccccc1N1CCN(C(=O)C2=NNC(=O)CC2)CC1. The standard InChI is InChI=1S/C16H20N4O2/c1-12-4-2-3-5-14(12)19-8-10-20(11-9-19)16(22)13-6-7-15(21)18-17-13/h2-5H,6-11H2,1H3,(H,18,21). The van der Waals surface area contributed by atoms with Gasteiger partial charge in [-0.25, -0.2) is 5.43 Å². The lowest BCUT2D eigenvalue weighted by atomic mass is 10.1. The van der Waals surface area contributed by atoms with Crippen LogP contribution in [0.15, 0.2) is 29.4 Å². The van der Waals surface area contributed by atoms with Crippen molar-refractivity contribution in [2.24, 2.45) is 5.10 Å². The Morgan fingerprint density at radius 2 is 1.86 bits per heavy atom. The largest absolute Gasteiger partial charge is 0.368 e. The molecule has 116 valence electrons. The van der Waals surface area contributed by atoms with E-state index in [1.807, 2.05) is 17.0 Å². The topological polar surface area (TPSA) is 65.0 Å². The Morgan fingerprint density at radius 3 is 2.50 bits per heavy atom. The summed E-state index contributed by atoms with van der Waals surface area (Å²) in [5, 5.41) is 3.89. The van der Waals surface area contributed by atoms with Crippen LogP contribution in [0, 0.1) is 6.92 Å². The van der Waals surface area contributed by atoms with Crippen LogP contribution in [0.4, 0.5) is 5.69 Å². The molecule has 2 heterocycles. The van der Waals surface area contributed by atoms with E-state index in [2.05, 4.69) is 34.5 Å². The second kappa shape index (κ2) is 6.17. The first kappa shape index (κ1) is 14.6. The van der Waals surface area contributed by atoms with Gasteiger partial charge in [0.1, 0.15) is 5.71 Å². The lowest BCUT2D eigenvalue weighted by Crippen LogP contribution is -2.51. The number of hydrogen-bond donors (Lipinski definition) is 1. The molecule has 0 atom stereocenters. The highest BCUT2D eigenvalue weighted by Crippen LogP contribution is 2.21. The summed E-state index contributed by atoms with van der Waals surface area (Å²) in [4.78, 5) is 27.6. The second-order valence-corrected chi connectivity index (χ2v) is 5.66. The van der Waals surface area contributed by atoms with Gasteiger partial charge in [0.2, 0.25) is 5.91 Å². The molecule has 0 aliphatic carbocycles. The normalized spacial score (nSPS) is 18.8. The van der Waals surface area contributed by atoms with Gasteiger partial charge in [-0.15, -0.1) is 0 Å². The summed E-state index contributed by atoms with van der Waals surface area (Å²) in [5.74, 6) is -0.176. The molecule has 2 aliphatic heterocycles. The van der Waals surface area contributed by atoms with Gasteiger partial charge in [0.15, 0.2) is 0 Å². The number of piperazine rings is 1. The quantitative estimate of drug-likeness (QED) is 0.883. The van der Waals surface area contributed by atoms with Crippen LogP contribution in [-0.2, 0) is 9.59 Å². The Bertz CT molecular complexity index is 618. The van der Waals surface area contributed by atoms with Crippen molar-refractivity contribution >= 4 is 23.2 Å². The summed E-state index contributed by atoms with van der Waals surface area (Å²) >= 11 is 0. The molecule has 1 aromatic rings. The molecule has 6 heteroatoms.